The van der Waals surface area contributed by atoms with Gasteiger partial charge in [-0.2, -0.15) is 9.67 Å². The molecule has 230 valence electrons. The number of carbonyl (C=O) groups is 2. The molecule has 14 heteroatoms. The topological polar surface area (TPSA) is 115 Å². The Kier molecular flexibility index (Phi) is 8.32. The van der Waals surface area contributed by atoms with E-state index in [9.17, 15) is 22.8 Å². The highest BCUT2D eigenvalue weighted by atomic mass is 19.4. The first-order valence-corrected chi connectivity index (χ1v) is 14.0. The molecule has 2 amide bonds. The van der Waals surface area contributed by atoms with Crippen molar-refractivity contribution < 1.29 is 32.2 Å². The van der Waals surface area contributed by atoms with E-state index in [0.29, 0.717) is 41.8 Å². The molecule has 1 aliphatic carbocycles. The third-order valence-electron chi connectivity index (χ3n) is 7.15. The Balaban J connectivity index is 1.37. The van der Waals surface area contributed by atoms with Crippen LogP contribution in [-0.2, 0) is 4.74 Å². The lowest BCUT2D eigenvalue weighted by Crippen LogP contribution is -2.48. The summed E-state index contributed by atoms with van der Waals surface area (Å²) >= 11 is 0. The standard InChI is InChI=1S/C29H34F3N7O4/c1-16-14-38(15-17(2)42-16)27(41)20-8-9-24(33-13-20)39-25(35-28(36-39)37(4)5)18(3)34-26(40)22-10-21(19-6-7-19)11-23(12-22)43-29(30,31)32/h8-13,16-19H,6-7,14-15H2,1-5H3,(H,34,40)/t16-,17+,18-/m0/s1. The van der Waals surface area contributed by atoms with Gasteiger partial charge < -0.3 is 24.6 Å². The number of rotatable bonds is 8. The number of carbonyl (C=O) groups excluding carboxylic acids is 2. The summed E-state index contributed by atoms with van der Waals surface area (Å²) in [5, 5.41) is 7.34. The van der Waals surface area contributed by atoms with E-state index in [1.807, 2.05) is 13.8 Å². The quantitative estimate of drug-likeness (QED) is 0.408. The maximum absolute atomic E-state index is 13.3. The number of pyridine rings is 1. The molecular formula is C29H34F3N7O4. The molecule has 0 unspecified atom stereocenters. The highest BCUT2D eigenvalue weighted by Crippen LogP contribution is 2.42. The molecule has 2 fully saturated rings. The van der Waals surface area contributed by atoms with Crippen molar-refractivity contribution in [3.63, 3.8) is 0 Å². The van der Waals surface area contributed by atoms with Crippen molar-refractivity contribution >= 4 is 17.8 Å². The number of amides is 2. The molecule has 1 saturated carbocycles. The summed E-state index contributed by atoms with van der Waals surface area (Å²) in [4.78, 5) is 38.8. The van der Waals surface area contributed by atoms with Crippen molar-refractivity contribution in [3.05, 3.63) is 59.0 Å². The molecule has 1 aromatic carbocycles. The number of alkyl halides is 3. The van der Waals surface area contributed by atoms with Gasteiger partial charge in [-0.3, -0.25) is 9.59 Å². The van der Waals surface area contributed by atoms with Crippen molar-refractivity contribution in [2.45, 2.75) is 64.1 Å². The normalized spacial score (nSPS) is 19.6. The molecule has 1 saturated heterocycles. The minimum atomic E-state index is -4.88. The molecule has 5 rings (SSSR count). The maximum atomic E-state index is 13.3. The summed E-state index contributed by atoms with van der Waals surface area (Å²) in [6, 6.07) is 6.57. The van der Waals surface area contributed by atoms with E-state index >= 15 is 0 Å². The van der Waals surface area contributed by atoms with Crippen molar-refractivity contribution in [1.29, 1.82) is 0 Å². The summed E-state index contributed by atoms with van der Waals surface area (Å²) < 4.78 is 50.2. The van der Waals surface area contributed by atoms with E-state index in [4.69, 9.17) is 4.74 Å². The summed E-state index contributed by atoms with van der Waals surface area (Å²) in [7, 11) is 3.52. The molecule has 3 heterocycles. The minimum Gasteiger partial charge on any atom is -0.406 e. The Morgan fingerprint density at radius 2 is 1.79 bits per heavy atom. The zero-order valence-electron chi connectivity index (χ0n) is 24.6. The predicted molar refractivity (Wildman–Crippen MR) is 150 cm³/mol. The van der Waals surface area contributed by atoms with Crippen molar-refractivity contribution in [3.8, 4) is 11.6 Å². The maximum Gasteiger partial charge on any atom is 0.573 e. The molecule has 3 atom stereocenters. The number of halogens is 3. The second-order valence-electron chi connectivity index (χ2n) is 11.3. The number of hydrogen-bond donors (Lipinski definition) is 1. The van der Waals surface area contributed by atoms with E-state index < -0.39 is 24.1 Å². The highest BCUT2D eigenvalue weighted by Gasteiger charge is 2.33. The number of aromatic nitrogens is 4. The van der Waals surface area contributed by atoms with Gasteiger partial charge in [0.2, 0.25) is 5.95 Å². The largest absolute Gasteiger partial charge is 0.573 e. The third kappa shape index (κ3) is 7.24. The van der Waals surface area contributed by atoms with E-state index in [0.717, 1.165) is 18.9 Å². The summed E-state index contributed by atoms with van der Waals surface area (Å²) in [5.41, 5.74) is 1.08. The number of nitrogens with one attached hydrogen (secondary N) is 1. The Hall–Kier alpha value is -4.20. The second kappa shape index (κ2) is 11.8. The molecule has 1 N–H and O–H groups in total. The average Bonchev–Trinajstić information content (AvgIpc) is 3.68. The molecule has 3 aromatic rings. The van der Waals surface area contributed by atoms with Crippen molar-refractivity contribution in [2.75, 3.05) is 32.1 Å². The van der Waals surface area contributed by atoms with Crippen LogP contribution >= 0.6 is 0 Å². The molecule has 0 bridgehead atoms. The van der Waals surface area contributed by atoms with Crippen LogP contribution in [0.1, 0.15) is 77.7 Å². The molecule has 11 nitrogen and oxygen atoms in total. The van der Waals surface area contributed by atoms with Crippen LogP contribution in [0.25, 0.3) is 5.82 Å². The number of anilines is 1. The number of benzene rings is 1. The Bertz CT molecular complexity index is 1480. The summed E-state index contributed by atoms with van der Waals surface area (Å²) in [6.45, 7) is 6.49. The predicted octanol–water partition coefficient (Wildman–Crippen LogP) is 4.24. The fourth-order valence-corrected chi connectivity index (χ4v) is 5.06. The number of nitrogens with zero attached hydrogens (tertiary/aromatic N) is 6. The van der Waals surface area contributed by atoms with Crippen LogP contribution < -0.4 is 15.0 Å². The third-order valence-corrected chi connectivity index (χ3v) is 7.15. The number of morpholine rings is 1. The van der Waals surface area contributed by atoms with Gasteiger partial charge >= 0.3 is 6.36 Å². The van der Waals surface area contributed by atoms with Gasteiger partial charge in [0.25, 0.3) is 11.8 Å². The van der Waals surface area contributed by atoms with Gasteiger partial charge in [-0.05, 0) is 75.4 Å². The molecule has 1 aliphatic heterocycles. The molecule has 2 aromatic heterocycles. The smallest absolute Gasteiger partial charge is 0.406 e. The van der Waals surface area contributed by atoms with Crippen LogP contribution in [0.4, 0.5) is 19.1 Å². The Morgan fingerprint density at radius 3 is 2.37 bits per heavy atom. The molecule has 43 heavy (non-hydrogen) atoms. The van der Waals surface area contributed by atoms with Crippen LogP contribution in [0.15, 0.2) is 36.5 Å². The molecular weight excluding hydrogens is 567 g/mol. The Labute approximate surface area is 247 Å². The summed E-state index contributed by atoms with van der Waals surface area (Å²) in [5.74, 6) is -0.0261. The first-order valence-electron chi connectivity index (χ1n) is 14.0. The van der Waals surface area contributed by atoms with Crippen LogP contribution in [0, 0.1) is 0 Å². The fourth-order valence-electron chi connectivity index (χ4n) is 5.06. The zero-order valence-corrected chi connectivity index (χ0v) is 24.6. The van der Waals surface area contributed by atoms with Gasteiger partial charge in [0.1, 0.15) is 5.75 Å². The van der Waals surface area contributed by atoms with Gasteiger partial charge in [-0.25, -0.2) is 4.98 Å². The molecule has 2 aliphatic rings. The van der Waals surface area contributed by atoms with Crippen LogP contribution in [0.5, 0.6) is 5.75 Å². The molecule has 0 spiro atoms. The summed E-state index contributed by atoms with van der Waals surface area (Å²) in [6.07, 6.45) is -1.87. The van der Waals surface area contributed by atoms with E-state index in [2.05, 4.69) is 25.1 Å². The van der Waals surface area contributed by atoms with Gasteiger partial charge in [-0.15, -0.1) is 18.3 Å². The van der Waals surface area contributed by atoms with Crippen molar-refractivity contribution in [2.24, 2.45) is 0 Å². The highest BCUT2D eigenvalue weighted by molar-refractivity contribution is 5.95. The lowest BCUT2D eigenvalue weighted by molar-refractivity contribution is -0.274. The van der Waals surface area contributed by atoms with E-state index in [-0.39, 0.29) is 29.6 Å². The van der Waals surface area contributed by atoms with Gasteiger partial charge in [0.05, 0.1) is 23.8 Å². The zero-order chi connectivity index (χ0) is 31.1. The minimum absolute atomic E-state index is 0.0436. The van der Waals surface area contributed by atoms with Gasteiger partial charge in [0, 0.05) is 38.9 Å². The number of ether oxygens (including phenoxy) is 2. The van der Waals surface area contributed by atoms with Crippen molar-refractivity contribution in [1.82, 2.24) is 30.0 Å². The van der Waals surface area contributed by atoms with Gasteiger partial charge in [-0.1, -0.05) is 0 Å². The van der Waals surface area contributed by atoms with Gasteiger partial charge in [0.15, 0.2) is 11.6 Å². The lowest BCUT2D eigenvalue weighted by atomic mass is 10.1. The van der Waals surface area contributed by atoms with E-state index in [1.54, 1.807) is 49.0 Å². The van der Waals surface area contributed by atoms with Crippen LogP contribution in [-0.4, -0.2) is 82.2 Å². The van der Waals surface area contributed by atoms with Crippen LogP contribution in [0.2, 0.25) is 0 Å². The number of hydrogen-bond acceptors (Lipinski definition) is 8. The van der Waals surface area contributed by atoms with Crippen LogP contribution in [0.3, 0.4) is 0 Å². The lowest BCUT2D eigenvalue weighted by Gasteiger charge is -2.35. The van der Waals surface area contributed by atoms with E-state index in [1.165, 1.54) is 16.9 Å². The first kappa shape index (κ1) is 30.3. The first-order chi connectivity index (χ1) is 20.3. The Morgan fingerprint density at radius 1 is 1.09 bits per heavy atom. The SMILES string of the molecule is C[C@@H]1CN(C(=O)c2ccc(-n3nc(N(C)C)nc3[C@H](C)NC(=O)c3cc(OC(F)(F)F)cc(C4CC4)c3)nc2)C[C@H](C)O1. The fraction of sp³-hybridized carbons (Fsp3) is 0.483. The second-order valence-corrected chi connectivity index (χ2v) is 11.3. The monoisotopic (exact) mass is 601 g/mol. The molecule has 0 radical (unpaired) electrons. The average molecular weight is 602 g/mol.